The topological polar surface area (TPSA) is 172 Å². The van der Waals surface area contributed by atoms with E-state index < -0.39 is 36.8 Å². The molecule has 61 heavy (non-hydrogen) atoms. The molecule has 0 unspecified atom stereocenters. The molecule has 2 atom stereocenters. The van der Waals surface area contributed by atoms with Crippen LogP contribution in [0.2, 0.25) is 0 Å². The number of carbonyl (C=O) groups excluding carboxylic acids is 4. The van der Waals surface area contributed by atoms with Crippen LogP contribution >= 0.6 is 0 Å². The first kappa shape index (κ1) is 41.3. The largest absolute Gasteiger partial charge is 0.514 e. The van der Waals surface area contributed by atoms with Gasteiger partial charge in [0.25, 0.3) is 0 Å². The molecule has 0 aliphatic carbocycles. The maximum atomic E-state index is 13.0. The molecule has 7 rings (SSSR count). The van der Waals surface area contributed by atoms with Gasteiger partial charge in [0, 0.05) is 24.1 Å². The quantitative estimate of drug-likeness (QED) is 0.0663. The molecule has 0 saturated carbocycles. The van der Waals surface area contributed by atoms with Crippen LogP contribution in [0.4, 0.5) is 19.2 Å². The predicted molar refractivity (Wildman–Crippen MR) is 215 cm³/mol. The van der Waals surface area contributed by atoms with Crippen molar-refractivity contribution in [1.29, 1.82) is 0 Å². The van der Waals surface area contributed by atoms with Gasteiger partial charge in [0.05, 0.1) is 6.10 Å². The van der Waals surface area contributed by atoms with Crippen LogP contribution in [0.1, 0.15) is 39.5 Å². The van der Waals surface area contributed by atoms with Crippen LogP contribution in [-0.2, 0) is 51.8 Å². The molecule has 0 spiro atoms. The van der Waals surface area contributed by atoms with Gasteiger partial charge >= 0.3 is 24.6 Å². The van der Waals surface area contributed by atoms with Crippen LogP contribution in [0.3, 0.4) is 0 Å². The first-order valence-electron chi connectivity index (χ1n) is 19.0. The number of ether oxygens (including phenoxy) is 9. The summed E-state index contributed by atoms with van der Waals surface area (Å²) in [6.45, 7) is -0.343. The van der Waals surface area contributed by atoms with Crippen LogP contribution < -0.4 is 23.7 Å². The number of hydrogen-bond acceptors (Lipinski definition) is 14. The zero-order valence-corrected chi connectivity index (χ0v) is 32.4. The molecule has 1 N–H and O–H groups in total. The van der Waals surface area contributed by atoms with Crippen molar-refractivity contribution >= 4 is 24.6 Å². The Balaban J connectivity index is 1.12. The molecule has 0 bridgehead atoms. The van der Waals surface area contributed by atoms with E-state index in [1.165, 1.54) is 30.3 Å². The predicted octanol–water partition coefficient (Wildman–Crippen LogP) is 9.59. The van der Waals surface area contributed by atoms with Gasteiger partial charge in [-0.3, -0.25) is 0 Å². The Hall–Kier alpha value is -7.84. The van der Waals surface area contributed by atoms with Crippen molar-refractivity contribution in [2.45, 2.75) is 45.1 Å². The minimum Gasteiger partial charge on any atom is -0.482 e. The first-order chi connectivity index (χ1) is 29.8. The molecule has 0 fully saturated rings. The number of rotatable bonds is 13. The maximum absolute atomic E-state index is 13.0. The lowest BCUT2D eigenvalue weighted by Gasteiger charge is -2.32. The summed E-state index contributed by atoms with van der Waals surface area (Å²) < 4.78 is 49.5. The summed E-state index contributed by atoms with van der Waals surface area (Å²) >= 11 is 0. The van der Waals surface area contributed by atoms with Crippen molar-refractivity contribution in [2.24, 2.45) is 0 Å². The molecule has 6 aromatic carbocycles. The second kappa shape index (κ2) is 20.2. The lowest BCUT2D eigenvalue weighted by Crippen LogP contribution is -2.31. The van der Waals surface area contributed by atoms with Crippen LogP contribution in [-0.4, -0.2) is 35.8 Å². The molecule has 1 aliphatic rings. The van der Waals surface area contributed by atoms with Gasteiger partial charge < -0.3 is 47.7 Å². The summed E-state index contributed by atoms with van der Waals surface area (Å²) in [6, 6.07) is 42.6. The minimum absolute atomic E-state index is 0.0702. The molecule has 0 saturated heterocycles. The molecule has 1 aliphatic heterocycles. The fourth-order valence-electron chi connectivity index (χ4n) is 6.09. The van der Waals surface area contributed by atoms with Crippen LogP contribution in [0, 0.1) is 0 Å². The average Bonchev–Trinajstić information content (AvgIpc) is 3.28. The number of hydrogen-bond donors (Lipinski definition) is 1. The van der Waals surface area contributed by atoms with Gasteiger partial charge in [0.15, 0.2) is 11.5 Å². The monoisotopic (exact) mass is 826 g/mol. The van der Waals surface area contributed by atoms with Crippen LogP contribution in [0.5, 0.6) is 28.7 Å². The van der Waals surface area contributed by atoms with E-state index in [1.54, 1.807) is 97.1 Å². The van der Waals surface area contributed by atoms with E-state index in [0.717, 1.165) is 16.7 Å². The molecule has 310 valence electrons. The molecule has 1 heterocycles. The van der Waals surface area contributed by atoms with Crippen molar-refractivity contribution in [3.63, 3.8) is 0 Å². The highest BCUT2D eigenvalue weighted by Crippen LogP contribution is 2.44. The molecule has 0 aromatic heterocycles. The Morgan fingerprint density at radius 3 is 1.34 bits per heavy atom. The highest BCUT2D eigenvalue weighted by molar-refractivity contribution is 5.70. The van der Waals surface area contributed by atoms with Gasteiger partial charge in [-0.05, 0) is 39.9 Å². The molecular weight excluding hydrogens is 789 g/mol. The zero-order chi connectivity index (χ0) is 42.4. The number of benzene rings is 6. The number of fused-ring (bicyclic) bond motifs is 1. The molecule has 14 nitrogen and oxygen atoms in total. The van der Waals surface area contributed by atoms with Gasteiger partial charge in [-0.2, -0.15) is 0 Å². The summed E-state index contributed by atoms with van der Waals surface area (Å²) in [5, 5.41) is 11.5. The normalized spacial score (nSPS) is 13.9. The van der Waals surface area contributed by atoms with Crippen molar-refractivity contribution in [3.05, 3.63) is 185 Å². The standard InChI is InChI=1S/C47H38O14/c48-38-26-37-40(24-36(57-44(49)53-27-31-13-5-1-6-14-31)25-41(37)60-46(51)55-29-33-17-9-3-10-18-33)58-43(38)35-21-22-39(59-45(50)54-28-32-15-7-2-8-16-32)42(23-35)61-47(52)56-30-34-19-11-4-12-20-34/h1-25,38,43,48H,26-30H2/t38-,43-/m1/s1. The minimum atomic E-state index is -1.28. The summed E-state index contributed by atoms with van der Waals surface area (Å²) in [5.41, 5.74) is 3.39. The van der Waals surface area contributed by atoms with Crippen LogP contribution in [0.15, 0.2) is 152 Å². The Morgan fingerprint density at radius 1 is 0.475 bits per heavy atom. The number of aliphatic hydroxyl groups is 1. The zero-order valence-electron chi connectivity index (χ0n) is 32.4. The average molecular weight is 827 g/mol. The smallest absolute Gasteiger partial charge is 0.482 e. The van der Waals surface area contributed by atoms with E-state index in [0.29, 0.717) is 5.56 Å². The van der Waals surface area contributed by atoms with E-state index in [-0.39, 0.29) is 72.7 Å². The van der Waals surface area contributed by atoms with Gasteiger partial charge in [-0.1, -0.05) is 127 Å². The number of aliphatic hydroxyl groups excluding tert-OH is 1. The van der Waals surface area contributed by atoms with Crippen molar-refractivity contribution in [2.75, 3.05) is 0 Å². The second-order valence-corrected chi connectivity index (χ2v) is 13.4. The highest BCUT2D eigenvalue weighted by atomic mass is 16.8. The lowest BCUT2D eigenvalue weighted by molar-refractivity contribution is 0.0190. The van der Waals surface area contributed by atoms with E-state index in [1.807, 2.05) is 24.3 Å². The summed E-state index contributed by atoms with van der Waals surface area (Å²) in [6.07, 6.45) is -6.85. The maximum Gasteiger partial charge on any atom is 0.514 e. The Bertz CT molecular complexity index is 2430. The third kappa shape index (κ3) is 11.9. The fraction of sp³-hybridized carbons (Fsp3) is 0.149. The Kier molecular flexibility index (Phi) is 13.7. The van der Waals surface area contributed by atoms with Gasteiger partial charge in [0.2, 0.25) is 0 Å². The third-order valence-corrected chi connectivity index (χ3v) is 9.03. The molecule has 0 amide bonds. The van der Waals surface area contributed by atoms with Gasteiger partial charge in [-0.25, -0.2) is 19.2 Å². The van der Waals surface area contributed by atoms with E-state index in [4.69, 9.17) is 42.6 Å². The summed E-state index contributed by atoms with van der Waals surface area (Å²) in [5.74, 6) is -0.595. The van der Waals surface area contributed by atoms with Gasteiger partial charge in [-0.15, -0.1) is 0 Å². The van der Waals surface area contributed by atoms with Crippen LogP contribution in [0.25, 0.3) is 0 Å². The molecule has 0 radical (unpaired) electrons. The SMILES string of the molecule is O=C(OCc1ccccc1)Oc1cc(OC(=O)OCc2ccccc2)c2c(c1)O[C@H](c1ccc(OC(=O)OCc3ccccc3)c(OC(=O)OCc3ccccc3)c1)[C@H](O)C2. The van der Waals surface area contributed by atoms with Crippen molar-refractivity contribution in [3.8, 4) is 28.7 Å². The summed E-state index contributed by atoms with van der Waals surface area (Å²) in [4.78, 5) is 51.5. The fourth-order valence-corrected chi connectivity index (χ4v) is 6.09. The highest BCUT2D eigenvalue weighted by Gasteiger charge is 2.34. The van der Waals surface area contributed by atoms with E-state index in [2.05, 4.69) is 0 Å². The summed E-state index contributed by atoms with van der Waals surface area (Å²) in [7, 11) is 0. The first-order valence-corrected chi connectivity index (χ1v) is 19.0. The van der Waals surface area contributed by atoms with Gasteiger partial charge in [0.1, 0.15) is 49.8 Å². The molecular formula is C47H38O14. The van der Waals surface area contributed by atoms with E-state index in [9.17, 15) is 24.3 Å². The third-order valence-electron chi connectivity index (χ3n) is 9.03. The molecule has 14 heteroatoms. The van der Waals surface area contributed by atoms with Crippen molar-refractivity contribution in [1.82, 2.24) is 0 Å². The lowest BCUT2D eigenvalue weighted by atomic mass is 9.94. The Labute approximate surface area is 349 Å². The molecule has 6 aromatic rings. The number of carbonyl (C=O) groups is 4. The Morgan fingerprint density at radius 2 is 0.885 bits per heavy atom. The van der Waals surface area contributed by atoms with E-state index >= 15 is 0 Å². The second-order valence-electron chi connectivity index (χ2n) is 13.4. The van der Waals surface area contributed by atoms with Crippen molar-refractivity contribution < 1.29 is 66.9 Å².